The molecule has 0 fully saturated rings. The Morgan fingerprint density at radius 3 is 1.29 bits per heavy atom. The van der Waals surface area contributed by atoms with Gasteiger partial charge in [0.1, 0.15) is 0 Å². The standard InChI is InChI=1S/C6H3F10I/c7-3(8,5(11,12)13)1-2(17)4(9,10)6(14,15)16/h2H,1H2/t2-/m0/s1. The van der Waals surface area contributed by atoms with Crippen LogP contribution in [0.15, 0.2) is 0 Å². The molecule has 0 bridgehead atoms. The van der Waals surface area contributed by atoms with Crippen molar-refractivity contribution < 1.29 is 43.9 Å². The van der Waals surface area contributed by atoms with Crippen LogP contribution in [0.25, 0.3) is 0 Å². The van der Waals surface area contributed by atoms with E-state index in [1.807, 2.05) is 0 Å². The minimum Gasteiger partial charge on any atom is -0.196 e. The summed E-state index contributed by atoms with van der Waals surface area (Å²) in [5.41, 5.74) is 0. The highest BCUT2D eigenvalue weighted by atomic mass is 127. The monoisotopic (exact) mass is 392 g/mol. The molecule has 0 spiro atoms. The molecule has 0 nitrogen and oxygen atoms in total. The molecule has 0 heterocycles. The van der Waals surface area contributed by atoms with Crippen LogP contribution in [-0.2, 0) is 0 Å². The first kappa shape index (κ1) is 17.0. The molecular weight excluding hydrogens is 389 g/mol. The summed E-state index contributed by atoms with van der Waals surface area (Å²) in [5, 5.41) is 0. The van der Waals surface area contributed by atoms with Crippen LogP contribution in [-0.4, -0.2) is 28.1 Å². The van der Waals surface area contributed by atoms with E-state index in [-0.39, 0.29) is 22.6 Å². The average molecular weight is 392 g/mol. The van der Waals surface area contributed by atoms with Gasteiger partial charge >= 0.3 is 24.2 Å². The lowest BCUT2D eigenvalue weighted by atomic mass is 10.1. The second-order valence-corrected chi connectivity index (χ2v) is 4.50. The Morgan fingerprint density at radius 2 is 1.06 bits per heavy atom. The highest BCUT2D eigenvalue weighted by molar-refractivity contribution is 14.1. The van der Waals surface area contributed by atoms with Crippen molar-refractivity contribution in [2.45, 2.75) is 34.5 Å². The molecule has 0 aliphatic carbocycles. The lowest BCUT2D eigenvalue weighted by Gasteiger charge is -2.28. The molecule has 0 aromatic heterocycles. The second kappa shape index (κ2) is 4.61. The van der Waals surface area contributed by atoms with Gasteiger partial charge in [-0.15, -0.1) is 0 Å². The predicted molar refractivity (Wildman–Crippen MR) is 44.4 cm³/mol. The second-order valence-electron chi connectivity index (χ2n) is 2.99. The summed E-state index contributed by atoms with van der Waals surface area (Å²) in [5.74, 6) is -11.2. The van der Waals surface area contributed by atoms with Crippen LogP contribution in [0.2, 0.25) is 0 Å². The van der Waals surface area contributed by atoms with Gasteiger partial charge in [-0.25, -0.2) is 0 Å². The Labute approximate surface area is 101 Å². The van der Waals surface area contributed by atoms with E-state index in [9.17, 15) is 43.9 Å². The van der Waals surface area contributed by atoms with Gasteiger partial charge in [-0.3, -0.25) is 0 Å². The van der Waals surface area contributed by atoms with E-state index in [0.717, 1.165) is 0 Å². The molecule has 0 radical (unpaired) electrons. The molecule has 0 saturated carbocycles. The smallest absolute Gasteiger partial charge is 0.196 e. The quantitative estimate of drug-likeness (QED) is 0.375. The molecule has 0 unspecified atom stereocenters. The van der Waals surface area contributed by atoms with Crippen molar-refractivity contribution in [2.24, 2.45) is 0 Å². The summed E-state index contributed by atoms with van der Waals surface area (Å²) in [6.07, 6.45) is -15.0. The van der Waals surface area contributed by atoms with E-state index in [1.165, 1.54) is 0 Å². The first-order valence-corrected chi connectivity index (χ1v) is 4.90. The molecule has 0 aromatic carbocycles. The zero-order valence-electron chi connectivity index (χ0n) is 7.44. The topological polar surface area (TPSA) is 0 Å². The number of alkyl halides is 11. The maximum Gasteiger partial charge on any atom is 0.454 e. The Balaban J connectivity index is 4.95. The van der Waals surface area contributed by atoms with E-state index in [1.54, 1.807) is 0 Å². The molecule has 0 saturated heterocycles. The van der Waals surface area contributed by atoms with Crippen LogP contribution in [0, 0.1) is 0 Å². The fourth-order valence-corrected chi connectivity index (χ4v) is 1.55. The third-order valence-corrected chi connectivity index (χ3v) is 2.84. The lowest BCUT2D eigenvalue weighted by Crippen LogP contribution is -2.49. The SMILES string of the molecule is FC(F)(F)C(F)(F)C[C@H](I)C(F)(F)C(F)(F)F. The van der Waals surface area contributed by atoms with Gasteiger partial charge in [-0.05, 0) is 0 Å². The maximum absolute atomic E-state index is 12.4. The van der Waals surface area contributed by atoms with Gasteiger partial charge in [-0.2, -0.15) is 43.9 Å². The van der Waals surface area contributed by atoms with Crippen LogP contribution in [0.4, 0.5) is 43.9 Å². The number of hydrogen-bond donors (Lipinski definition) is 0. The van der Waals surface area contributed by atoms with Crippen LogP contribution in [0.5, 0.6) is 0 Å². The fraction of sp³-hybridized carbons (Fsp3) is 1.00. The minimum atomic E-state index is -6.18. The summed E-state index contributed by atoms with van der Waals surface area (Å²) in [4.78, 5) is 0. The molecular formula is C6H3F10I. The third-order valence-electron chi connectivity index (χ3n) is 1.62. The van der Waals surface area contributed by atoms with Crippen molar-refractivity contribution in [3.8, 4) is 0 Å². The fourth-order valence-electron chi connectivity index (χ4n) is 0.647. The lowest BCUT2D eigenvalue weighted by molar-refractivity contribution is -0.305. The van der Waals surface area contributed by atoms with Gasteiger partial charge in [-0.1, -0.05) is 22.6 Å². The molecule has 104 valence electrons. The molecule has 0 aliphatic rings. The van der Waals surface area contributed by atoms with Crippen LogP contribution < -0.4 is 0 Å². The third kappa shape index (κ3) is 3.74. The summed E-state index contributed by atoms with van der Waals surface area (Å²) < 4.78 is 116. The zero-order chi connectivity index (χ0) is 14.3. The van der Waals surface area contributed by atoms with Crippen molar-refractivity contribution >= 4 is 22.6 Å². The molecule has 0 aromatic rings. The van der Waals surface area contributed by atoms with Crippen molar-refractivity contribution in [2.75, 3.05) is 0 Å². The highest BCUT2D eigenvalue weighted by Gasteiger charge is 2.66. The van der Waals surface area contributed by atoms with Gasteiger partial charge in [0.2, 0.25) is 0 Å². The minimum absolute atomic E-state index is 0.225. The van der Waals surface area contributed by atoms with Gasteiger partial charge in [0.25, 0.3) is 0 Å². The van der Waals surface area contributed by atoms with Crippen LogP contribution >= 0.6 is 22.6 Å². The van der Waals surface area contributed by atoms with Crippen LogP contribution in [0.1, 0.15) is 6.42 Å². The molecule has 0 aliphatic heterocycles. The van der Waals surface area contributed by atoms with Crippen LogP contribution in [0.3, 0.4) is 0 Å². The number of rotatable bonds is 3. The predicted octanol–water partition coefficient (Wildman–Crippen LogP) is 4.58. The molecule has 1 atom stereocenters. The van der Waals surface area contributed by atoms with E-state index in [2.05, 4.69) is 0 Å². The first-order chi connectivity index (χ1) is 7.13. The van der Waals surface area contributed by atoms with Crippen molar-refractivity contribution in [1.29, 1.82) is 0 Å². The molecule has 0 N–H and O–H groups in total. The Kier molecular flexibility index (Phi) is 4.62. The molecule has 0 rings (SSSR count). The number of halogens is 11. The normalized spacial score (nSPS) is 17.1. The van der Waals surface area contributed by atoms with Gasteiger partial charge in [0.15, 0.2) is 0 Å². The Bertz CT molecular complexity index is 263. The summed E-state index contributed by atoms with van der Waals surface area (Å²) in [6, 6.07) is 0. The van der Waals surface area contributed by atoms with Gasteiger partial charge in [0, 0.05) is 6.42 Å². The largest absolute Gasteiger partial charge is 0.454 e. The summed E-state index contributed by atoms with van der Waals surface area (Å²) in [7, 11) is 0. The van der Waals surface area contributed by atoms with Crippen molar-refractivity contribution in [3.63, 3.8) is 0 Å². The number of hydrogen-bond acceptors (Lipinski definition) is 0. The summed E-state index contributed by atoms with van der Waals surface area (Å²) >= 11 is 0.225. The first-order valence-electron chi connectivity index (χ1n) is 3.66. The average Bonchev–Trinajstić information content (AvgIpc) is 1.98. The van der Waals surface area contributed by atoms with Crippen molar-refractivity contribution in [1.82, 2.24) is 0 Å². The summed E-state index contributed by atoms with van der Waals surface area (Å²) in [6.45, 7) is 0. The van der Waals surface area contributed by atoms with E-state index in [4.69, 9.17) is 0 Å². The highest BCUT2D eigenvalue weighted by Crippen LogP contribution is 2.48. The molecule has 11 heteroatoms. The van der Waals surface area contributed by atoms with Gasteiger partial charge < -0.3 is 0 Å². The maximum atomic E-state index is 12.4. The van der Waals surface area contributed by atoms with Gasteiger partial charge in [0.05, 0.1) is 3.92 Å². The molecule has 17 heavy (non-hydrogen) atoms. The Morgan fingerprint density at radius 1 is 0.706 bits per heavy atom. The Hall–Kier alpha value is 0.0300. The van der Waals surface area contributed by atoms with Crippen molar-refractivity contribution in [3.05, 3.63) is 0 Å². The molecule has 0 amide bonds. The van der Waals surface area contributed by atoms with E-state index in [0.29, 0.717) is 0 Å². The zero-order valence-corrected chi connectivity index (χ0v) is 9.60. The van der Waals surface area contributed by atoms with E-state index >= 15 is 0 Å². The van der Waals surface area contributed by atoms with E-state index < -0.39 is 34.5 Å².